The average molecular weight is 378 g/mol. The Kier molecular flexibility index (Phi) is 5.11. The van der Waals surface area contributed by atoms with Crippen molar-refractivity contribution in [1.29, 1.82) is 0 Å². The molecule has 4 rings (SSSR count). The van der Waals surface area contributed by atoms with Crippen LogP contribution in [0.15, 0.2) is 12.1 Å². The van der Waals surface area contributed by atoms with Crippen molar-refractivity contribution in [3.05, 3.63) is 17.3 Å². The number of pyridine rings is 1. The Balaban J connectivity index is 1.78. The predicted octanol–water partition coefficient (Wildman–Crippen LogP) is 2.52. The van der Waals surface area contributed by atoms with Crippen LogP contribution in [0.5, 0.6) is 0 Å². The number of aromatic nitrogens is 3. The number of hydrogen-bond donors (Lipinski definition) is 0. The minimum absolute atomic E-state index is 0.249. The molecule has 0 aliphatic carbocycles. The van der Waals surface area contributed by atoms with Gasteiger partial charge in [-0.25, -0.2) is 4.98 Å². The topological polar surface area (TPSA) is 63.6 Å². The largest absolute Gasteiger partial charge is 0.381 e. The number of anilines is 2. The summed E-state index contributed by atoms with van der Waals surface area (Å²) in [5, 5.41) is 1.36. The molecule has 8 heteroatoms. The van der Waals surface area contributed by atoms with E-state index in [1.165, 1.54) is 0 Å². The fourth-order valence-corrected chi connectivity index (χ4v) is 3.76. The Morgan fingerprint density at radius 3 is 2.69 bits per heavy atom. The Morgan fingerprint density at radius 1 is 1.12 bits per heavy atom. The number of morpholine rings is 1. The van der Waals surface area contributed by atoms with Crippen molar-refractivity contribution >= 4 is 34.4 Å². The SMILES string of the molecule is CC1COCCN1c1nc(N(C)C2CCOCC2)nc2nc(Cl)ccc12. The second kappa shape index (κ2) is 7.50. The summed E-state index contributed by atoms with van der Waals surface area (Å²) in [5.41, 5.74) is 0.634. The number of halogens is 1. The van der Waals surface area contributed by atoms with Gasteiger partial charge in [0, 0.05) is 32.8 Å². The van der Waals surface area contributed by atoms with E-state index in [-0.39, 0.29) is 6.04 Å². The molecule has 2 aromatic heterocycles. The van der Waals surface area contributed by atoms with Crippen molar-refractivity contribution in [2.45, 2.75) is 31.8 Å². The number of ether oxygens (including phenoxy) is 2. The summed E-state index contributed by atoms with van der Waals surface area (Å²) < 4.78 is 11.1. The molecule has 26 heavy (non-hydrogen) atoms. The van der Waals surface area contributed by atoms with Gasteiger partial charge in [0.25, 0.3) is 0 Å². The summed E-state index contributed by atoms with van der Waals surface area (Å²) in [6.07, 6.45) is 1.95. The maximum atomic E-state index is 6.13. The van der Waals surface area contributed by atoms with Crippen molar-refractivity contribution in [2.24, 2.45) is 0 Å². The van der Waals surface area contributed by atoms with E-state index in [4.69, 9.17) is 31.0 Å². The summed E-state index contributed by atoms with van der Waals surface area (Å²) >= 11 is 6.13. The molecule has 2 saturated heterocycles. The van der Waals surface area contributed by atoms with Crippen LogP contribution in [-0.4, -0.2) is 67.1 Å². The predicted molar refractivity (Wildman–Crippen MR) is 102 cm³/mol. The molecule has 0 radical (unpaired) electrons. The first-order chi connectivity index (χ1) is 12.6. The Morgan fingerprint density at radius 2 is 1.92 bits per heavy atom. The normalized spacial score (nSPS) is 22.0. The maximum Gasteiger partial charge on any atom is 0.229 e. The minimum Gasteiger partial charge on any atom is -0.381 e. The van der Waals surface area contributed by atoms with Gasteiger partial charge in [0.05, 0.1) is 24.6 Å². The summed E-state index contributed by atoms with van der Waals surface area (Å²) in [4.78, 5) is 18.5. The first kappa shape index (κ1) is 17.7. The highest BCUT2D eigenvalue weighted by Gasteiger charge is 2.26. The monoisotopic (exact) mass is 377 g/mol. The van der Waals surface area contributed by atoms with E-state index >= 15 is 0 Å². The van der Waals surface area contributed by atoms with E-state index < -0.39 is 0 Å². The van der Waals surface area contributed by atoms with Crippen LogP contribution in [0.3, 0.4) is 0 Å². The van der Waals surface area contributed by atoms with Crippen molar-refractivity contribution in [3.63, 3.8) is 0 Å². The summed E-state index contributed by atoms with van der Waals surface area (Å²) in [5.74, 6) is 1.59. The third kappa shape index (κ3) is 3.43. The van der Waals surface area contributed by atoms with Crippen LogP contribution in [0.4, 0.5) is 11.8 Å². The smallest absolute Gasteiger partial charge is 0.229 e. The number of nitrogens with zero attached hydrogens (tertiary/aromatic N) is 5. The molecule has 2 aliphatic rings. The van der Waals surface area contributed by atoms with Gasteiger partial charge in [0.2, 0.25) is 5.95 Å². The lowest BCUT2D eigenvalue weighted by Gasteiger charge is -2.36. The Labute approximate surface area is 158 Å². The third-order valence-electron chi connectivity index (χ3n) is 5.19. The molecule has 4 heterocycles. The molecule has 0 bridgehead atoms. The zero-order valence-corrected chi connectivity index (χ0v) is 15.9. The minimum atomic E-state index is 0.249. The molecule has 0 N–H and O–H groups in total. The lowest BCUT2D eigenvalue weighted by molar-refractivity contribution is 0.0852. The number of hydrogen-bond acceptors (Lipinski definition) is 7. The summed E-state index contributed by atoms with van der Waals surface area (Å²) in [6, 6.07) is 4.37. The molecule has 2 fully saturated rings. The first-order valence-corrected chi connectivity index (χ1v) is 9.50. The second-order valence-corrected chi connectivity index (χ2v) is 7.31. The Hall–Kier alpha value is -1.70. The van der Waals surface area contributed by atoms with Crippen LogP contribution in [-0.2, 0) is 9.47 Å². The van der Waals surface area contributed by atoms with E-state index in [0.29, 0.717) is 36.0 Å². The van der Waals surface area contributed by atoms with Gasteiger partial charge in [0.15, 0.2) is 5.65 Å². The summed E-state index contributed by atoms with van der Waals surface area (Å²) in [7, 11) is 2.05. The molecule has 1 unspecified atom stereocenters. The molecule has 0 saturated carbocycles. The zero-order valence-electron chi connectivity index (χ0n) is 15.2. The van der Waals surface area contributed by atoms with Gasteiger partial charge in [-0.15, -0.1) is 0 Å². The third-order valence-corrected chi connectivity index (χ3v) is 5.40. The zero-order chi connectivity index (χ0) is 18.1. The second-order valence-electron chi connectivity index (χ2n) is 6.92. The van der Waals surface area contributed by atoms with Gasteiger partial charge >= 0.3 is 0 Å². The highest BCUT2D eigenvalue weighted by molar-refractivity contribution is 6.29. The maximum absolute atomic E-state index is 6.13. The fourth-order valence-electron chi connectivity index (χ4n) is 3.61. The first-order valence-electron chi connectivity index (χ1n) is 9.13. The average Bonchev–Trinajstić information content (AvgIpc) is 2.67. The molecule has 0 spiro atoms. The van der Waals surface area contributed by atoms with Gasteiger partial charge < -0.3 is 19.3 Å². The molecular weight excluding hydrogens is 354 g/mol. The van der Waals surface area contributed by atoms with Crippen molar-refractivity contribution in [1.82, 2.24) is 15.0 Å². The van der Waals surface area contributed by atoms with Gasteiger partial charge in [-0.05, 0) is 31.9 Å². The molecule has 0 amide bonds. The lowest BCUT2D eigenvalue weighted by Crippen LogP contribution is -2.44. The van der Waals surface area contributed by atoms with E-state index in [1.54, 1.807) is 6.07 Å². The van der Waals surface area contributed by atoms with Crippen LogP contribution >= 0.6 is 11.6 Å². The van der Waals surface area contributed by atoms with Gasteiger partial charge in [-0.2, -0.15) is 9.97 Å². The van der Waals surface area contributed by atoms with E-state index in [9.17, 15) is 0 Å². The van der Waals surface area contributed by atoms with E-state index in [0.717, 1.165) is 43.8 Å². The standard InChI is InChI=1S/C18H24ClN5O2/c1-12-11-26-10-7-24(12)17-14-3-4-15(19)20-16(14)21-18(22-17)23(2)13-5-8-25-9-6-13/h3-4,12-13H,5-11H2,1-2H3. The highest BCUT2D eigenvalue weighted by Crippen LogP contribution is 2.30. The van der Waals surface area contributed by atoms with Gasteiger partial charge in [-0.3, -0.25) is 0 Å². The van der Waals surface area contributed by atoms with Crippen LogP contribution in [0.2, 0.25) is 5.15 Å². The summed E-state index contributed by atoms with van der Waals surface area (Å²) in [6.45, 7) is 5.90. The molecule has 0 aromatic carbocycles. The quantitative estimate of drug-likeness (QED) is 0.761. The van der Waals surface area contributed by atoms with Crippen LogP contribution < -0.4 is 9.80 Å². The molecular formula is C18H24ClN5O2. The number of rotatable bonds is 3. The number of fused-ring (bicyclic) bond motifs is 1. The van der Waals surface area contributed by atoms with Crippen LogP contribution in [0.1, 0.15) is 19.8 Å². The van der Waals surface area contributed by atoms with E-state index in [1.807, 2.05) is 13.1 Å². The van der Waals surface area contributed by atoms with Gasteiger partial charge in [0.1, 0.15) is 11.0 Å². The lowest BCUT2D eigenvalue weighted by atomic mass is 10.1. The van der Waals surface area contributed by atoms with Crippen LogP contribution in [0, 0.1) is 0 Å². The molecule has 2 aliphatic heterocycles. The fraction of sp³-hybridized carbons (Fsp3) is 0.611. The Bertz CT molecular complexity index is 784. The van der Waals surface area contributed by atoms with Gasteiger partial charge in [-0.1, -0.05) is 11.6 Å². The van der Waals surface area contributed by atoms with E-state index in [2.05, 4.69) is 21.7 Å². The molecule has 2 aromatic rings. The van der Waals surface area contributed by atoms with Crippen molar-refractivity contribution in [2.75, 3.05) is 49.8 Å². The van der Waals surface area contributed by atoms with Crippen molar-refractivity contribution < 1.29 is 9.47 Å². The molecule has 140 valence electrons. The molecule has 7 nitrogen and oxygen atoms in total. The van der Waals surface area contributed by atoms with Crippen molar-refractivity contribution in [3.8, 4) is 0 Å². The van der Waals surface area contributed by atoms with Crippen LogP contribution in [0.25, 0.3) is 11.0 Å². The molecule has 1 atom stereocenters. The highest BCUT2D eigenvalue weighted by atomic mass is 35.5.